The maximum absolute atomic E-state index is 12.1. The van der Waals surface area contributed by atoms with Gasteiger partial charge in [0.1, 0.15) is 0 Å². The summed E-state index contributed by atoms with van der Waals surface area (Å²) in [6, 6.07) is 5.47. The number of aromatic nitrogens is 2. The van der Waals surface area contributed by atoms with Gasteiger partial charge in [0, 0.05) is 39.4 Å². The molecule has 0 aliphatic heterocycles. The summed E-state index contributed by atoms with van der Waals surface area (Å²) in [5.74, 6) is -0.106. The second-order valence-corrected chi connectivity index (χ2v) is 6.05. The summed E-state index contributed by atoms with van der Waals surface area (Å²) in [7, 11) is 1.88. The maximum Gasteiger partial charge on any atom is 0.251 e. The molecule has 6 heteroatoms. The van der Waals surface area contributed by atoms with Gasteiger partial charge in [0.05, 0.1) is 6.20 Å². The lowest BCUT2D eigenvalue weighted by molar-refractivity contribution is 0.0950. The van der Waals surface area contributed by atoms with Gasteiger partial charge in [0.15, 0.2) is 0 Å². The predicted octanol–water partition coefficient (Wildman–Crippen LogP) is 3.18. The van der Waals surface area contributed by atoms with Crippen LogP contribution in [0, 0.1) is 6.92 Å². The zero-order valence-corrected chi connectivity index (χ0v) is 13.7. The maximum atomic E-state index is 12.1. The molecule has 2 rings (SSSR count). The van der Waals surface area contributed by atoms with Crippen LogP contribution in [0.1, 0.15) is 21.6 Å². The van der Waals surface area contributed by atoms with Crippen molar-refractivity contribution in [1.29, 1.82) is 0 Å². The number of nitrogens with zero attached hydrogens (tertiary/aromatic N) is 2. The standard InChI is InChI=1S/C13H13Br2N3O/c1-8-10(7-17-18(8)2)6-16-13(19)9-3-11(14)5-12(15)4-9/h3-5,7H,6H2,1-2H3,(H,16,19). The van der Waals surface area contributed by atoms with E-state index < -0.39 is 0 Å². The van der Waals surface area contributed by atoms with E-state index in [-0.39, 0.29) is 5.91 Å². The largest absolute Gasteiger partial charge is 0.348 e. The van der Waals surface area contributed by atoms with E-state index >= 15 is 0 Å². The number of benzene rings is 1. The Balaban J connectivity index is 2.07. The van der Waals surface area contributed by atoms with E-state index in [9.17, 15) is 4.79 Å². The molecule has 0 radical (unpaired) electrons. The third kappa shape index (κ3) is 3.45. The van der Waals surface area contributed by atoms with Crippen LogP contribution in [0.3, 0.4) is 0 Å². The van der Waals surface area contributed by atoms with Crippen molar-refractivity contribution < 1.29 is 4.79 Å². The summed E-state index contributed by atoms with van der Waals surface area (Å²) in [5, 5.41) is 7.04. The van der Waals surface area contributed by atoms with Crippen LogP contribution in [0.4, 0.5) is 0 Å². The van der Waals surface area contributed by atoms with Crippen LogP contribution < -0.4 is 5.32 Å². The number of halogens is 2. The molecule has 0 fully saturated rings. The van der Waals surface area contributed by atoms with Crippen molar-refractivity contribution in [2.45, 2.75) is 13.5 Å². The highest BCUT2D eigenvalue weighted by Gasteiger charge is 2.09. The first-order valence-corrected chi connectivity index (χ1v) is 7.27. The van der Waals surface area contributed by atoms with Crippen molar-refractivity contribution in [2.24, 2.45) is 7.05 Å². The fourth-order valence-electron chi connectivity index (χ4n) is 1.68. The van der Waals surface area contributed by atoms with Gasteiger partial charge in [0.2, 0.25) is 0 Å². The van der Waals surface area contributed by atoms with Crippen molar-refractivity contribution in [3.63, 3.8) is 0 Å². The van der Waals surface area contributed by atoms with Crippen LogP contribution in [0.2, 0.25) is 0 Å². The topological polar surface area (TPSA) is 46.9 Å². The van der Waals surface area contributed by atoms with Gasteiger partial charge in [0.25, 0.3) is 5.91 Å². The van der Waals surface area contributed by atoms with Crippen LogP contribution in [0.15, 0.2) is 33.3 Å². The van der Waals surface area contributed by atoms with E-state index in [4.69, 9.17) is 0 Å². The van der Waals surface area contributed by atoms with Crippen LogP contribution >= 0.6 is 31.9 Å². The Morgan fingerprint density at radius 1 is 1.32 bits per heavy atom. The second kappa shape index (κ2) is 5.88. The van der Waals surface area contributed by atoms with E-state index in [2.05, 4.69) is 42.3 Å². The molecule has 2 aromatic rings. The monoisotopic (exact) mass is 385 g/mol. The fraction of sp³-hybridized carbons (Fsp3) is 0.231. The van der Waals surface area contributed by atoms with Crippen molar-refractivity contribution in [3.8, 4) is 0 Å². The molecule has 1 N–H and O–H groups in total. The molecule has 0 bridgehead atoms. The van der Waals surface area contributed by atoms with Crippen LogP contribution in [0.25, 0.3) is 0 Å². The lowest BCUT2D eigenvalue weighted by atomic mass is 10.2. The Morgan fingerprint density at radius 2 is 1.95 bits per heavy atom. The SMILES string of the molecule is Cc1c(CNC(=O)c2cc(Br)cc(Br)c2)cnn1C. The summed E-state index contributed by atoms with van der Waals surface area (Å²) in [6.07, 6.45) is 1.77. The molecule has 19 heavy (non-hydrogen) atoms. The number of aryl methyl sites for hydroxylation is 1. The molecule has 1 heterocycles. The summed E-state index contributed by atoms with van der Waals surface area (Å²) >= 11 is 6.74. The van der Waals surface area contributed by atoms with E-state index in [1.165, 1.54) is 0 Å². The number of nitrogens with one attached hydrogen (secondary N) is 1. The fourth-order valence-corrected chi connectivity index (χ4v) is 2.97. The van der Waals surface area contributed by atoms with Crippen molar-refractivity contribution in [3.05, 3.63) is 50.2 Å². The second-order valence-electron chi connectivity index (χ2n) is 4.22. The molecule has 100 valence electrons. The Bertz CT molecular complexity index is 602. The predicted molar refractivity (Wildman–Crippen MR) is 81.0 cm³/mol. The molecule has 0 aliphatic carbocycles. The molecule has 1 aromatic heterocycles. The van der Waals surface area contributed by atoms with Crippen LogP contribution in [-0.4, -0.2) is 15.7 Å². The van der Waals surface area contributed by atoms with Gasteiger partial charge in [-0.2, -0.15) is 5.10 Å². The van der Waals surface area contributed by atoms with Gasteiger partial charge in [-0.3, -0.25) is 9.48 Å². The van der Waals surface area contributed by atoms with E-state index in [1.54, 1.807) is 23.0 Å². The quantitative estimate of drug-likeness (QED) is 0.880. The number of carbonyl (C=O) groups is 1. The lowest BCUT2D eigenvalue weighted by Crippen LogP contribution is -2.23. The highest BCUT2D eigenvalue weighted by atomic mass is 79.9. The zero-order valence-electron chi connectivity index (χ0n) is 10.6. The molecule has 1 amide bonds. The van der Waals surface area contributed by atoms with Gasteiger partial charge < -0.3 is 5.32 Å². The minimum absolute atomic E-state index is 0.106. The number of amides is 1. The minimum atomic E-state index is -0.106. The summed E-state index contributed by atoms with van der Waals surface area (Å²) in [6.45, 7) is 2.45. The molecule has 0 saturated carbocycles. The Kier molecular flexibility index (Phi) is 4.42. The van der Waals surface area contributed by atoms with Crippen LogP contribution in [-0.2, 0) is 13.6 Å². The first-order valence-electron chi connectivity index (χ1n) is 5.69. The first kappa shape index (κ1) is 14.3. The number of carbonyl (C=O) groups excluding carboxylic acids is 1. The smallest absolute Gasteiger partial charge is 0.251 e. The van der Waals surface area contributed by atoms with E-state index in [1.807, 2.05) is 20.0 Å². The third-order valence-electron chi connectivity index (χ3n) is 2.90. The molecular formula is C13H13Br2N3O. The van der Waals surface area contributed by atoms with Crippen LogP contribution in [0.5, 0.6) is 0 Å². The number of rotatable bonds is 3. The summed E-state index contributed by atoms with van der Waals surface area (Å²) in [4.78, 5) is 12.1. The minimum Gasteiger partial charge on any atom is -0.348 e. The summed E-state index contributed by atoms with van der Waals surface area (Å²) in [5.41, 5.74) is 2.68. The average Bonchev–Trinajstić information content (AvgIpc) is 2.66. The Morgan fingerprint density at radius 3 is 2.47 bits per heavy atom. The van der Waals surface area contributed by atoms with E-state index in [0.29, 0.717) is 12.1 Å². The lowest BCUT2D eigenvalue weighted by Gasteiger charge is -2.06. The Labute approximate surface area is 128 Å². The van der Waals surface area contributed by atoms with Gasteiger partial charge in [-0.1, -0.05) is 31.9 Å². The van der Waals surface area contributed by atoms with Crippen molar-refractivity contribution in [2.75, 3.05) is 0 Å². The molecule has 0 unspecified atom stereocenters. The molecule has 1 aromatic carbocycles. The van der Waals surface area contributed by atoms with Crippen molar-refractivity contribution in [1.82, 2.24) is 15.1 Å². The highest BCUT2D eigenvalue weighted by molar-refractivity contribution is 9.11. The molecule has 0 atom stereocenters. The van der Waals surface area contributed by atoms with Gasteiger partial charge in [-0.15, -0.1) is 0 Å². The van der Waals surface area contributed by atoms with Gasteiger partial charge >= 0.3 is 0 Å². The van der Waals surface area contributed by atoms with E-state index in [0.717, 1.165) is 20.2 Å². The zero-order chi connectivity index (χ0) is 14.0. The normalized spacial score (nSPS) is 10.5. The molecule has 0 saturated heterocycles. The average molecular weight is 387 g/mol. The van der Waals surface area contributed by atoms with Crippen molar-refractivity contribution >= 4 is 37.8 Å². The molecule has 0 aliphatic rings. The van der Waals surface area contributed by atoms with Gasteiger partial charge in [-0.25, -0.2) is 0 Å². The van der Waals surface area contributed by atoms with Gasteiger partial charge in [-0.05, 0) is 25.1 Å². The highest BCUT2D eigenvalue weighted by Crippen LogP contribution is 2.20. The molecular weight excluding hydrogens is 374 g/mol. The third-order valence-corrected chi connectivity index (χ3v) is 3.82. The number of hydrogen-bond donors (Lipinski definition) is 1. The number of hydrogen-bond acceptors (Lipinski definition) is 2. The first-order chi connectivity index (χ1) is 8.97. The summed E-state index contributed by atoms with van der Waals surface area (Å²) < 4.78 is 3.52. The molecule has 0 spiro atoms. The molecule has 4 nitrogen and oxygen atoms in total. The Hall–Kier alpha value is -1.14.